The van der Waals surface area contributed by atoms with E-state index in [0.29, 0.717) is 23.4 Å². The first-order valence-electron chi connectivity index (χ1n) is 10.6. The van der Waals surface area contributed by atoms with Gasteiger partial charge in [0.2, 0.25) is 12.0 Å². The van der Waals surface area contributed by atoms with Crippen molar-refractivity contribution in [1.82, 2.24) is 4.57 Å². The van der Waals surface area contributed by atoms with Crippen molar-refractivity contribution < 1.29 is 19.4 Å². The molecule has 32 heavy (non-hydrogen) atoms. The van der Waals surface area contributed by atoms with Gasteiger partial charge in [0.05, 0.1) is 5.52 Å². The fourth-order valence-electron chi connectivity index (χ4n) is 3.67. The van der Waals surface area contributed by atoms with Gasteiger partial charge in [0.15, 0.2) is 17.2 Å². The zero-order chi connectivity index (χ0) is 23.0. The number of hydrogen-bond donors (Lipinski definition) is 1. The van der Waals surface area contributed by atoms with Crippen LogP contribution in [0, 0.1) is 0 Å². The first-order chi connectivity index (χ1) is 15.2. The van der Waals surface area contributed by atoms with Crippen molar-refractivity contribution in [3.63, 3.8) is 0 Å². The van der Waals surface area contributed by atoms with Gasteiger partial charge in [-0.05, 0) is 47.7 Å². The van der Waals surface area contributed by atoms with Crippen LogP contribution in [0.25, 0.3) is 10.9 Å². The molecule has 0 spiro atoms. The van der Waals surface area contributed by atoms with Gasteiger partial charge >= 0.3 is 5.91 Å². The minimum absolute atomic E-state index is 0.0162. The molecule has 1 atom stereocenters. The van der Waals surface area contributed by atoms with E-state index in [1.54, 1.807) is 4.57 Å². The zero-order valence-corrected chi connectivity index (χ0v) is 20.1. The average molecular weight is 500 g/mol. The second-order valence-corrected chi connectivity index (χ2v) is 9.77. The maximum atomic E-state index is 12.7. The largest absolute Gasteiger partial charge is 0.493 e. The summed E-state index contributed by atoms with van der Waals surface area (Å²) in [5, 5.41) is 19.4. The molecule has 0 saturated heterocycles. The Balaban J connectivity index is 1.60. The lowest BCUT2D eigenvalue weighted by Crippen LogP contribution is -2.35. The Hall–Kier alpha value is -2.87. The first-order valence-corrected chi connectivity index (χ1v) is 11.4. The maximum absolute atomic E-state index is 12.7. The number of rotatable bonds is 4. The lowest BCUT2D eigenvalue weighted by atomic mass is 9.87. The molecule has 1 aliphatic rings. The molecular weight excluding hydrogens is 474 g/mol. The number of aromatic hydroxyl groups is 1. The van der Waals surface area contributed by atoms with Crippen LogP contribution in [0.3, 0.4) is 0 Å². The van der Waals surface area contributed by atoms with E-state index in [2.05, 4.69) is 46.9 Å². The van der Waals surface area contributed by atoms with Crippen molar-refractivity contribution in [2.75, 3.05) is 6.61 Å². The minimum atomic E-state index is -0.903. The molecule has 1 aromatic heterocycles. The third-order valence-electron chi connectivity index (χ3n) is 5.41. The summed E-state index contributed by atoms with van der Waals surface area (Å²) in [6.07, 6.45) is -0.0640. The van der Waals surface area contributed by atoms with Crippen LogP contribution in [0.15, 0.2) is 51.1 Å². The molecule has 0 saturated carbocycles. The zero-order valence-electron chi connectivity index (χ0n) is 18.6. The number of carbonyl (C=O) groups is 1. The van der Waals surface area contributed by atoms with Crippen molar-refractivity contribution in [2.45, 2.75) is 52.2 Å². The monoisotopic (exact) mass is 499 g/mol. The number of halogens is 1. The summed E-state index contributed by atoms with van der Waals surface area (Å²) in [6, 6.07) is 11.4. The van der Waals surface area contributed by atoms with E-state index in [9.17, 15) is 9.90 Å². The van der Waals surface area contributed by atoms with Crippen LogP contribution < -0.4 is 9.47 Å². The molecule has 3 aromatic rings. The quantitative estimate of drug-likeness (QED) is 0.428. The van der Waals surface area contributed by atoms with Gasteiger partial charge in [-0.1, -0.05) is 49.7 Å². The van der Waals surface area contributed by atoms with Gasteiger partial charge < -0.3 is 19.1 Å². The standard InChI is InChI=1S/C24H26BrN3O4/c1-5-10-28-17-8-7-15(25)12-16(17)21(23(28)30)26-27-22(29)20-13-31-18-9-6-14(24(2,3)4)11-19(18)32-20/h6-9,11-12,20,30H,5,10,13H2,1-4H3/t20-/m1/s1. The Labute approximate surface area is 195 Å². The number of amides is 1. The molecule has 2 heterocycles. The van der Waals surface area contributed by atoms with Crippen molar-refractivity contribution in [3.8, 4) is 17.4 Å². The topological polar surface area (TPSA) is 85.4 Å². The van der Waals surface area contributed by atoms with E-state index in [-0.39, 0.29) is 23.6 Å². The van der Waals surface area contributed by atoms with Gasteiger partial charge in [-0.2, -0.15) is 0 Å². The van der Waals surface area contributed by atoms with E-state index < -0.39 is 12.0 Å². The number of benzene rings is 2. The number of fused-ring (bicyclic) bond motifs is 2. The van der Waals surface area contributed by atoms with Gasteiger partial charge in [0.25, 0.3) is 0 Å². The second-order valence-electron chi connectivity index (χ2n) is 8.85. The highest BCUT2D eigenvalue weighted by atomic mass is 79.9. The Kier molecular flexibility index (Phi) is 5.99. The van der Waals surface area contributed by atoms with Gasteiger partial charge in [-0.25, -0.2) is 0 Å². The van der Waals surface area contributed by atoms with Crippen molar-refractivity contribution in [1.29, 1.82) is 0 Å². The Morgan fingerprint density at radius 2 is 2.00 bits per heavy atom. The molecular formula is C24H26BrN3O4. The van der Waals surface area contributed by atoms with Crippen LogP contribution in [0.2, 0.25) is 0 Å². The second kappa shape index (κ2) is 8.58. The Morgan fingerprint density at radius 3 is 2.72 bits per heavy atom. The molecule has 1 amide bonds. The number of ether oxygens (including phenoxy) is 2. The Morgan fingerprint density at radius 1 is 1.22 bits per heavy atom. The first kappa shape index (κ1) is 22.3. The summed E-state index contributed by atoms with van der Waals surface area (Å²) in [4.78, 5) is 12.7. The van der Waals surface area contributed by atoms with Crippen LogP contribution in [0.4, 0.5) is 5.69 Å². The van der Waals surface area contributed by atoms with Crippen LogP contribution in [0.5, 0.6) is 17.4 Å². The number of nitrogens with zero attached hydrogens (tertiary/aromatic N) is 3. The third-order valence-corrected chi connectivity index (χ3v) is 5.91. The molecule has 0 radical (unpaired) electrons. The molecule has 4 rings (SSSR count). The van der Waals surface area contributed by atoms with E-state index in [1.165, 1.54) is 0 Å². The molecule has 1 N–H and O–H groups in total. The Bertz CT molecular complexity index is 1210. The van der Waals surface area contributed by atoms with Crippen molar-refractivity contribution >= 4 is 38.4 Å². The van der Waals surface area contributed by atoms with Gasteiger partial charge in [-0.3, -0.25) is 4.79 Å². The van der Waals surface area contributed by atoms with E-state index >= 15 is 0 Å². The normalized spacial score (nSPS) is 16.1. The van der Waals surface area contributed by atoms with Crippen LogP contribution in [-0.4, -0.2) is 28.3 Å². The molecule has 0 aliphatic carbocycles. The average Bonchev–Trinajstić information content (AvgIpc) is 3.01. The predicted molar refractivity (Wildman–Crippen MR) is 126 cm³/mol. The highest BCUT2D eigenvalue weighted by molar-refractivity contribution is 9.10. The van der Waals surface area contributed by atoms with E-state index in [0.717, 1.165) is 22.0 Å². The van der Waals surface area contributed by atoms with E-state index in [1.807, 2.05) is 43.3 Å². The molecule has 0 bridgehead atoms. The lowest BCUT2D eigenvalue weighted by Gasteiger charge is -2.27. The van der Waals surface area contributed by atoms with Crippen LogP contribution in [0.1, 0.15) is 39.7 Å². The molecule has 0 unspecified atom stereocenters. The van der Waals surface area contributed by atoms with Crippen molar-refractivity contribution in [2.24, 2.45) is 10.2 Å². The summed E-state index contributed by atoms with van der Waals surface area (Å²) in [5.41, 5.74) is 2.10. The number of hydrogen-bond acceptors (Lipinski definition) is 5. The van der Waals surface area contributed by atoms with Gasteiger partial charge in [0.1, 0.15) is 6.61 Å². The smallest absolute Gasteiger partial charge is 0.308 e. The molecule has 2 aromatic carbocycles. The predicted octanol–water partition coefficient (Wildman–Crippen LogP) is 6.27. The highest BCUT2D eigenvalue weighted by Crippen LogP contribution is 2.41. The van der Waals surface area contributed by atoms with Crippen LogP contribution >= 0.6 is 15.9 Å². The SMILES string of the molecule is CCCn1c(O)c(N=NC(=O)[C@H]2COc3ccc(C(C)(C)C)cc3O2)c2cc(Br)ccc21. The molecule has 1 aliphatic heterocycles. The number of carbonyl (C=O) groups excluding carboxylic acids is 1. The fraction of sp³-hybridized carbons (Fsp3) is 0.375. The number of aryl methyl sites for hydroxylation is 1. The molecule has 0 fully saturated rings. The minimum Gasteiger partial charge on any atom is -0.493 e. The van der Waals surface area contributed by atoms with E-state index in [4.69, 9.17) is 9.47 Å². The fourth-order valence-corrected chi connectivity index (χ4v) is 4.03. The highest BCUT2D eigenvalue weighted by Gasteiger charge is 2.29. The molecule has 168 valence electrons. The van der Waals surface area contributed by atoms with Gasteiger partial charge in [-0.15, -0.1) is 10.2 Å². The summed E-state index contributed by atoms with van der Waals surface area (Å²) in [7, 11) is 0. The van der Waals surface area contributed by atoms with Gasteiger partial charge in [0, 0.05) is 16.4 Å². The third kappa shape index (κ3) is 4.24. The summed E-state index contributed by atoms with van der Waals surface area (Å²) in [6.45, 7) is 9.02. The molecule has 8 heteroatoms. The van der Waals surface area contributed by atoms with Crippen LogP contribution in [-0.2, 0) is 16.8 Å². The number of aromatic nitrogens is 1. The summed E-state index contributed by atoms with van der Waals surface area (Å²) in [5.74, 6) is 0.535. The summed E-state index contributed by atoms with van der Waals surface area (Å²) >= 11 is 3.45. The van der Waals surface area contributed by atoms with Crippen molar-refractivity contribution in [3.05, 3.63) is 46.4 Å². The number of azo groups is 1. The maximum Gasteiger partial charge on any atom is 0.308 e. The lowest BCUT2D eigenvalue weighted by molar-refractivity contribution is -0.127. The molecule has 7 nitrogen and oxygen atoms in total. The summed E-state index contributed by atoms with van der Waals surface area (Å²) < 4.78 is 14.2.